The van der Waals surface area contributed by atoms with Crippen molar-refractivity contribution < 1.29 is 19.7 Å². The Bertz CT molecular complexity index is 549. The van der Waals surface area contributed by atoms with Crippen LogP contribution in [0.4, 0.5) is 0 Å². The molecular formula is C14H12O4. The Labute approximate surface area is 104 Å². The zero-order valence-electron chi connectivity index (χ0n) is 9.54. The summed E-state index contributed by atoms with van der Waals surface area (Å²) in [7, 11) is 0. The lowest BCUT2D eigenvalue weighted by molar-refractivity contribution is 0.0674. The lowest BCUT2D eigenvalue weighted by atomic mass is 10.0. The van der Waals surface area contributed by atoms with Gasteiger partial charge in [0, 0.05) is 0 Å². The van der Waals surface area contributed by atoms with Crippen molar-refractivity contribution in [1.29, 1.82) is 0 Å². The Morgan fingerprint density at radius 1 is 1.06 bits per heavy atom. The quantitative estimate of drug-likeness (QED) is 0.810. The molecule has 0 saturated heterocycles. The van der Waals surface area contributed by atoms with E-state index in [0.29, 0.717) is 0 Å². The molecule has 92 valence electrons. The van der Waals surface area contributed by atoms with E-state index in [1.807, 2.05) is 30.3 Å². The van der Waals surface area contributed by atoms with Crippen molar-refractivity contribution in [3.8, 4) is 16.9 Å². The number of hydrogen-bond donors (Lipinski definition) is 2. The van der Waals surface area contributed by atoms with Gasteiger partial charge < -0.3 is 14.9 Å². The molecule has 0 spiro atoms. The van der Waals surface area contributed by atoms with Crippen LogP contribution in [0.1, 0.15) is 10.4 Å². The largest absolute Gasteiger partial charge is 0.478 e. The molecule has 0 aromatic heterocycles. The zero-order chi connectivity index (χ0) is 13.0. The average molecular weight is 244 g/mol. The molecule has 0 amide bonds. The number of carboxylic acids is 1. The smallest absolute Gasteiger partial charge is 0.339 e. The molecule has 2 aromatic carbocycles. The summed E-state index contributed by atoms with van der Waals surface area (Å²) in [5, 5.41) is 17.8. The highest BCUT2D eigenvalue weighted by atomic mass is 16.6. The van der Waals surface area contributed by atoms with Crippen molar-refractivity contribution in [2.45, 2.75) is 0 Å². The third kappa shape index (κ3) is 2.49. The first-order chi connectivity index (χ1) is 8.72. The summed E-state index contributed by atoms with van der Waals surface area (Å²) in [4.78, 5) is 11.1. The van der Waals surface area contributed by atoms with Crippen LogP contribution < -0.4 is 4.74 Å². The van der Waals surface area contributed by atoms with Crippen molar-refractivity contribution in [3.63, 3.8) is 0 Å². The van der Waals surface area contributed by atoms with E-state index >= 15 is 0 Å². The molecule has 0 bridgehead atoms. The van der Waals surface area contributed by atoms with Gasteiger partial charge in [-0.05, 0) is 23.3 Å². The van der Waals surface area contributed by atoms with Crippen molar-refractivity contribution in [2.24, 2.45) is 0 Å². The molecule has 0 aliphatic rings. The van der Waals surface area contributed by atoms with Crippen LogP contribution in [-0.4, -0.2) is 23.0 Å². The summed E-state index contributed by atoms with van der Waals surface area (Å²) in [6, 6.07) is 14.3. The minimum Gasteiger partial charge on any atom is -0.478 e. The van der Waals surface area contributed by atoms with Gasteiger partial charge in [0.2, 0.25) is 0 Å². The maximum atomic E-state index is 11.1. The molecule has 0 atom stereocenters. The Balaban J connectivity index is 2.46. The summed E-state index contributed by atoms with van der Waals surface area (Å²) in [6.07, 6.45) is 0. The predicted molar refractivity (Wildman–Crippen MR) is 66.6 cm³/mol. The molecular weight excluding hydrogens is 232 g/mol. The summed E-state index contributed by atoms with van der Waals surface area (Å²) in [5.41, 5.74) is 1.75. The van der Waals surface area contributed by atoms with Crippen LogP contribution in [0.25, 0.3) is 11.1 Å². The molecule has 2 N–H and O–H groups in total. The van der Waals surface area contributed by atoms with Crippen LogP contribution in [0, 0.1) is 0 Å². The second-order valence-corrected chi connectivity index (χ2v) is 3.66. The van der Waals surface area contributed by atoms with Crippen molar-refractivity contribution in [1.82, 2.24) is 0 Å². The van der Waals surface area contributed by atoms with Gasteiger partial charge in [0.1, 0.15) is 11.3 Å². The number of aliphatic hydroxyl groups excluding tert-OH is 1. The van der Waals surface area contributed by atoms with E-state index < -0.39 is 12.8 Å². The van der Waals surface area contributed by atoms with Crippen LogP contribution in [0.3, 0.4) is 0 Å². The minimum absolute atomic E-state index is 0.0328. The fraction of sp³-hybridized carbons (Fsp3) is 0.0714. The van der Waals surface area contributed by atoms with E-state index in [4.69, 9.17) is 14.9 Å². The molecule has 0 aliphatic carbocycles. The maximum Gasteiger partial charge on any atom is 0.339 e. The first kappa shape index (κ1) is 12.1. The van der Waals surface area contributed by atoms with E-state index in [0.717, 1.165) is 11.1 Å². The summed E-state index contributed by atoms with van der Waals surface area (Å²) < 4.78 is 4.86. The Hall–Kier alpha value is -2.33. The van der Waals surface area contributed by atoms with Gasteiger partial charge in [-0.15, -0.1) is 0 Å². The van der Waals surface area contributed by atoms with Gasteiger partial charge in [0.25, 0.3) is 0 Å². The predicted octanol–water partition coefficient (Wildman–Crippen LogP) is 2.38. The lowest BCUT2D eigenvalue weighted by Crippen LogP contribution is -2.04. The lowest BCUT2D eigenvalue weighted by Gasteiger charge is -2.09. The topological polar surface area (TPSA) is 66.8 Å². The van der Waals surface area contributed by atoms with Crippen LogP contribution in [0.2, 0.25) is 0 Å². The van der Waals surface area contributed by atoms with Gasteiger partial charge in [-0.1, -0.05) is 36.4 Å². The second-order valence-electron chi connectivity index (χ2n) is 3.66. The van der Waals surface area contributed by atoms with Gasteiger partial charge >= 0.3 is 5.97 Å². The number of carboxylic acid groups (broad SMARTS) is 1. The van der Waals surface area contributed by atoms with Crippen LogP contribution in [0.15, 0.2) is 48.5 Å². The third-order valence-corrected chi connectivity index (χ3v) is 2.54. The van der Waals surface area contributed by atoms with Gasteiger partial charge in [0.05, 0.1) is 0 Å². The Kier molecular flexibility index (Phi) is 3.60. The molecule has 0 saturated carbocycles. The first-order valence-corrected chi connectivity index (χ1v) is 5.39. The van der Waals surface area contributed by atoms with Crippen molar-refractivity contribution in [3.05, 3.63) is 54.1 Å². The SMILES string of the molecule is O=C(O)c1cc(-c2ccccc2)ccc1OCO. The van der Waals surface area contributed by atoms with Crippen LogP contribution in [0.5, 0.6) is 5.75 Å². The van der Waals surface area contributed by atoms with Gasteiger partial charge in [-0.25, -0.2) is 4.79 Å². The number of ether oxygens (including phenoxy) is 1. The Morgan fingerprint density at radius 2 is 1.78 bits per heavy atom. The fourth-order valence-electron chi connectivity index (χ4n) is 1.70. The summed E-state index contributed by atoms with van der Waals surface area (Å²) in [6.45, 7) is -0.551. The third-order valence-electron chi connectivity index (χ3n) is 2.54. The highest BCUT2D eigenvalue weighted by molar-refractivity contribution is 5.92. The molecule has 2 rings (SSSR count). The van der Waals surface area contributed by atoms with E-state index in [2.05, 4.69) is 0 Å². The van der Waals surface area contributed by atoms with Gasteiger partial charge in [0.15, 0.2) is 6.79 Å². The van der Waals surface area contributed by atoms with E-state index in [-0.39, 0.29) is 11.3 Å². The summed E-state index contributed by atoms with van der Waals surface area (Å²) >= 11 is 0. The fourth-order valence-corrected chi connectivity index (χ4v) is 1.70. The molecule has 4 heteroatoms. The van der Waals surface area contributed by atoms with Crippen LogP contribution in [-0.2, 0) is 0 Å². The molecule has 0 radical (unpaired) electrons. The van der Waals surface area contributed by atoms with Crippen LogP contribution >= 0.6 is 0 Å². The number of carbonyl (C=O) groups is 1. The molecule has 2 aromatic rings. The molecule has 4 nitrogen and oxygen atoms in total. The second kappa shape index (κ2) is 5.33. The number of hydrogen-bond acceptors (Lipinski definition) is 3. The van der Waals surface area contributed by atoms with E-state index in [9.17, 15) is 4.79 Å². The molecule has 0 fully saturated rings. The maximum absolute atomic E-state index is 11.1. The first-order valence-electron chi connectivity index (χ1n) is 5.39. The molecule has 0 unspecified atom stereocenters. The van der Waals surface area contributed by atoms with Crippen molar-refractivity contribution >= 4 is 5.97 Å². The minimum atomic E-state index is -1.09. The standard InChI is InChI=1S/C14H12O4/c15-9-18-13-7-6-11(8-12(13)14(16)17)10-4-2-1-3-5-10/h1-8,15H,9H2,(H,16,17). The number of benzene rings is 2. The Morgan fingerprint density at radius 3 is 2.39 bits per heavy atom. The van der Waals surface area contributed by atoms with Gasteiger partial charge in [-0.2, -0.15) is 0 Å². The highest BCUT2D eigenvalue weighted by Crippen LogP contribution is 2.26. The molecule has 18 heavy (non-hydrogen) atoms. The number of aromatic carboxylic acids is 1. The number of rotatable bonds is 4. The molecule has 0 heterocycles. The van der Waals surface area contributed by atoms with Crippen molar-refractivity contribution in [2.75, 3.05) is 6.79 Å². The van der Waals surface area contributed by atoms with Gasteiger partial charge in [-0.3, -0.25) is 0 Å². The summed E-state index contributed by atoms with van der Waals surface area (Å²) in [5.74, 6) is -0.930. The average Bonchev–Trinajstić information content (AvgIpc) is 2.40. The number of aliphatic hydroxyl groups is 1. The zero-order valence-corrected chi connectivity index (χ0v) is 9.54. The monoisotopic (exact) mass is 244 g/mol. The molecule has 0 aliphatic heterocycles. The normalized spacial score (nSPS) is 10.1. The van der Waals surface area contributed by atoms with E-state index in [1.54, 1.807) is 12.1 Å². The highest BCUT2D eigenvalue weighted by Gasteiger charge is 2.12. The van der Waals surface area contributed by atoms with E-state index in [1.165, 1.54) is 6.07 Å².